The van der Waals surface area contributed by atoms with E-state index in [1.165, 1.54) is 0 Å². The Morgan fingerprint density at radius 2 is 2.06 bits per heavy atom. The molecule has 0 amide bonds. The van der Waals surface area contributed by atoms with Gasteiger partial charge in [0.05, 0.1) is 0 Å². The summed E-state index contributed by atoms with van der Waals surface area (Å²) in [5.74, 6) is 1.70. The van der Waals surface area contributed by atoms with Crippen molar-refractivity contribution in [2.45, 2.75) is 52.7 Å². The molecule has 1 N–H and O–H groups in total. The molecule has 2 atom stereocenters. The average Bonchev–Trinajstić information content (AvgIpc) is 2.80. The van der Waals surface area contributed by atoms with E-state index in [2.05, 4.69) is 36.2 Å². The first-order valence-corrected chi connectivity index (χ1v) is 6.69. The summed E-state index contributed by atoms with van der Waals surface area (Å²) < 4.78 is 10.9. The molecule has 18 heavy (non-hydrogen) atoms. The summed E-state index contributed by atoms with van der Waals surface area (Å²) in [7, 11) is 1.95. The first-order chi connectivity index (χ1) is 8.58. The van der Waals surface area contributed by atoms with E-state index in [1.54, 1.807) is 0 Å². The number of aryl methyl sites for hydroxylation is 1. The first kappa shape index (κ1) is 15.1. The summed E-state index contributed by atoms with van der Waals surface area (Å²) in [5, 5.41) is 7.22. The fourth-order valence-corrected chi connectivity index (χ4v) is 1.71. The van der Waals surface area contributed by atoms with Gasteiger partial charge in [-0.3, -0.25) is 0 Å². The fourth-order valence-electron chi connectivity index (χ4n) is 1.71. The monoisotopic (exact) mass is 255 g/mol. The third kappa shape index (κ3) is 4.38. The van der Waals surface area contributed by atoms with Crippen molar-refractivity contribution in [1.29, 1.82) is 0 Å². The number of aromatic nitrogens is 2. The molecule has 2 unspecified atom stereocenters. The largest absolute Gasteiger partial charge is 0.370 e. The van der Waals surface area contributed by atoms with Crippen LogP contribution >= 0.6 is 0 Å². The van der Waals surface area contributed by atoms with Crippen LogP contribution < -0.4 is 5.32 Å². The van der Waals surface area contributed by atoms with E-state index in [1.807, 2.05) is 14.0 Å². The second-order valence-corrected chi connectivity index (χ2v) is 4.89. The van der Waals surface area contributed by atoms with E-state index >= 15 is 0 Å². The SMILES string of the molecule is CCOC(c1noc(CCC(C)NC)n1)C(C)C. The highest BCUT2D eigenvalue weighted by Crippen LogP contribution is 2.23. The Balaban J connectivity index is 2.60. The summed E-state index contributed by atoms with van der Waals surface area (Å²) in [6.45, 7) is 8.96. The number of nitrogens with one attached hydrogen (secondary N) is 1. The average molecular weight is 255 g/mol. The first-order valence-electron chi connectivity index (χ1n) is 6.69. The van der Waals surface area contributed by atoms with Gasteiger partial charge < -0.3 is 14.6 Å². The highest BCUT2D eigenvalue weighted by Gasteiger charge is 2.22. The second-order valence-electron chi connectivity index (χ2n) is 4.89. The molecule has 5 nitrogen and oxygen atoms in total. The molecule has 0 aromatic carbocycles. The van der Waals surface area contributed by atoms with Gasteiger partial charge in [-0.05, 0) is 33.2 Å². The molecule has 104 valence electrons. The van der Waals surface area contributed by atoms with Gasteiger partial charge in [0.1, 0.15) is 6.10 Å². The quantitative estimate of drug-likeness (QED) is 0.772. The van der Waals surface area contributed by atoms with Crippen LogP contribution in [0.3, 0.4) is 0 Å². The number of hydrogen-bond donors (Lipinski definition) is 1. The Morgan fingerprint density at radius 3 is 2.61 bits per heavy atom. The Morgan fingerprint density at radius 1 is 1.33 bits per heavy atom. The zero-order chi connectivity index (χ0) is 13.5. The van der Waals surface area contributed by atoms with Gasteiger partial charge in [0.25, 0.3) is 0 Å². The molecule has 5 heteroatoms. The summed E-state index contributed by atoms with van der Waals surface area (Å²) in [5.41, 5.74) is 0. The lowest BCUT2D eigenvalue weighted by atomic mass is 10.1. The zero-order valence-corrected chi connectivity index (χ0v) is 12.1. The molecule has 0 aliphatic rings. The van der Waals surface area contributed by atoms with Crippen LogP contribution in [0.25, 0.3) is 0 Å². The molecule has 1 rings (SSSR count). The fraction of sp³-hybridized carbons (Fsp3) is 0.846. The Kier molecular flexibility index (Phi) is 6.29. The predicted octanol–water partition coefficient (Wildman–Crippen LogP) is 2.34. The zero-order valence-electron chi connectivity index (χ0n) is 12.1. The summed E-state index contributed by atoms with van der Waals surface area (Å²) in [6.07, 6.45) is 1.71. The van der Waals surface area contributed by atoms with Crippen LogP contribution in [-0.4, -0.2) is 29.8 Å². The third-order valence-corrected chi connectivity index (χ3v) is 2.97. The number of ether oxygens (including phenoxy) is 1. The van der Waals surface area contributed by atoms with E-state index in [-0.39, 0.29) is 6.10 Å². The van der Waals surface area contributed by atoms with Crippen molar-refractivity contribution in [1.82, 2.24) is 15.5 Å². The summed E-state index contributed by atoms with van der Waals surface area (Å²) in [6, 6.07) is 0.452. The Hall–Kier alpha value is -0.940. The maximum Gasteiger partial charge on any atom is 0.226 e. The van der Waals surface area contributed by atoms with Crippen molar-refractivity contribution in [3.05, 3.63) is 11.7 Å². The second kappa shape index (κ2) is 7.48. The minimum Gasteiger partial charge on any atom is -0.370 e. The van der Waals surface area contributed by atoms with Gasteiger partial charge >= 0.3 is 0 Å². The van der Waals surface area contributed by atoms with Crippen LogP contribution in [0.1, 0.15) is 51.9 Å². The van der Waals surface area contributed by atoms with E-state index < -0.39 is 0 Å². The molecule has 1 aromatic rings. The van der Waals surface area contributed by atoms with Gasteiger partial charge in [0.15, 0.2) is 0 Å². The lowest BCUT2D eigenvalue weighted by Crippen LogP contribution is -2.21. The molecule has 1 heterocycles. The molecular weight excluding hydrogens is 230 g/mol. The van der Waals surface area contributed by atoms with Gasteiger partial charge in [-0.15, -0.1) is 0 Å². The van der Waals surface area contributed by atoms with Crippen molar-refractivity contribution in [3.63, 3.8) is 0 Å². The highest BCUT2D eigenvalue weighted by molar-refractivity contribution is 4.93. The minimum atomic E-state index is -0.0748. The van der Waals surface area contributed by atoms with E-state index in [9.17, 15) is 0 Å². The molecule has 0 aliphatic carbocycles. The number of hydrogen-bond acceptors (Lipinski definition) is 5. The van der Waals surface area contributed by atoms with Crippen LogP contribution in [0.2, 0.25) is 0 Å². The van der Waals surface area contributed by atoms with Crippen molar-refractivity contribution in [3.8, 4) is 0 Å². The van der Waals surface area contributed by atoms with Crippen molar-refractivity contribution >= 4 is 0 Å². The van der Waals surface area contributed by atoms with Gasteiger partial charge in [0, 0.05) is 19.1 Å². The number of nitrogens with zero attached hydrogens (tertiary/aromatic N) is 2. The Bertz CT molecular complexity index is 339. The van der Waals surface area contributed by atoms with Crippen molar-refractivity contribution in [2.24, 2.45) is 5.92 Å². The lowest BCUT2D eigenvalue weighted by molar-refractivity contribution is 0.0217. The van der Waals surface area contributed by atoms with Gasteiger partial charge in [0.2, 0.25) is 11.7 Å². The molecule has 0 spiro atoms. The highest BCUT2D eigenvalue weighted by atomic mass is 16.5. The van der Waals surface area contributed by atoms with Gasteiger partial charge in [-0.1, -0.05) is 19.0 Å². The van der Waals surface area contributed by atoms with E-state index in [4.69, 9.17) is 9.26 Å². The molecule has 0 radical (unpaired) electrons. The minimum absolute atomic E-state index is 0.0748. The third-order valence-electron chi connectivity index (χ3n) is 2.97. The molecule has 0 saturated carbocycles. The Labute approximate surface area is 109 Å². The van der Waals surface area contributed by atoms with E-state index in [0.717, 1.165) is 12.8 Å². The van der Waals surface area contributed by atoms with Crippen LogP contribution in [0.5, 0.6) is 0 Å². The normalized spacial score (nSPS) is 15.0. The molecular formula is C13H25N3O2. The summed E-state index contributed by atoms with van der Waals surface area (Å²) >= 11 is 0. The predicted molar refractivity (Wildman–Crippen MR) is 70.3 cm³/mol. The topological polar surface area (TPSA) is 60.2 Å². The smallest absolute Gasteiger partial charge is 0.226 e. The van der Waals surface area contributed by atoms with Gasteiger partial charge in [-0.25, -0.2) is 0 Å². The van der Waals surface area contributed by atoms with Crippen LogP contribution in [-0.2, 0) is 11.2 Å². The van der Waals surface area contributed by atoms with E-state index in [0.29, 0.717) is 30.3 Å². The standard InChI is InChI=1S/C13H25N3O2/c1-6-17-12(9(2)3)13-15-11(18-16-13)8-7-10(4)14-5/h9-10,12,14H,6-8H2,1-5H3. The number of rotatable bonds is 8. The van der Waals surface area contributed by atoms with Crippen molar-refractivity contribution in [2.75, 3.05) is 13.7 Å². The molecule has 0 fully saturated rings. The van der Waals surface area contributed by atoms with Crippen LogP contribution in [0.4, 0.5) is 0 Å². The maximum absolute atomic E-state index is 5.65. The van der Waals surface area contributed by atoms with Gasteiger partial charge in [-0.2, -0.15) is 4.98 Å². The van der Waals surface area contributed by atoms with Crippen LogP contribution in [0.15, 0.2) is 4.52 Å². The molecule has 0 aliphatic heterocycles. The molecule has 1 aromatic heterocycles. The van der Waals surface area contributed by atoms with Crippen LogP contribution in [0, 0.1) is 5.92 Å². The summed E-state index contributed by atoms with van der Waals surface area (Å²) in [4.78, 5) is 4.43. The molecule has 0 bridgehead atoms. The maximum atomic E-state index is 5.65. The lowest BCUT2D eigenvalue weighted by Gasteiger charge is -2.16. The van der Waals surface area contributed by atoms with Crippen molar-refractivity contribution < 1.29 is 9.26 Å². The molecule has 0 saturated heterocycles.